The quantitative estimate of drug-likeness (QED) is 0.861. The first-order chi connectivity index (χ1) is 9.06. The lowest BCUT2D eigenvalue weighted by Gasteiger charge is -2.13. The molecule has 1 aromatic heterocycles. The van der Waals surface area contributed by atoms with E-state index in [1.54, 1.807) is 6.92 Å². The Morgan fingerprint density at radius 3 is 2.74 bits per heavy atom. The number of carbonyl (C=O) groups excluding carboxylic acids is 1. The fraction of sp³-hybridized carbons (Fsp3) is 0.333. The average molecular weight is 259 g/mol. The Hall–Kier alpha value is -2.10. The van der Waals surface area contributed by atoms with E-state index in [-0.39, 0.29) is 17.4 Å². The smallest absolute Gasteiger partial charge is 0.313 e. The molecule has 0 bridgehead atoms. The predicted molar refractivity (Wildman–Crippen MR) is 74.4 cm³/mol. The van der Waals surface area contributed by atoms with Crippen molar-refractivity contribution in [1.82, 2.24) is 4.98 Å². The van der Waals surface area contributed by atoms with E-state index in [0.29, 0.717) is 12.0 Å². The molecule has 2 rings (SSSR count). The summed E-state index contributed by atoms with van der Waals surface area (Å²) in [6.45, 7) is 3.71. The van der Waals surface area contributed by atoms with E-state index >= 15 is 0 Å². The molecule has 19 heavy (non-hydrogen) atoms. The fourth-order valence-corrected chi connectivity index (χ4v) is 2.23. The third-order valence-corrected chi connectivity index (χ3v) is 3.35. The first kappa shape index (κ1) is 13.3. The van der Waals surface area contributed by atoms with Crippen molar-refractivity contribution in [3.05, 3.63) is 45.7 Å². The highest BCUT2D eigenvalue weighted by Gasteiger charge is 2.19. The lowest BCUT2D eigenvalue weighted by Crippen LogP contribution is -2.14. The average Bonchev–Trinajstić information content (AvgIpc) is 2.41. The van der Waals surface area contributed by atoms with Gasteiger partial charge >= 0.3 is 5.97 Å². The van der Waals surface area contributed by atoms with Gasteiger partial charge in [-0.25, -0.2) is 0 Å². The Bertz CT molecular complexity index is 673. The molecule has 0 spiro atoms. The number of H-pyrrole nitrogens is 1. The second-order valence-electron chi connectivity index (χ2n) is 4.61. The number of benzene rings is 1. The molecule has 4 nitrogen and oxygen atoms in total. The summed E-state index contributed by atoms with van der Waals surface area (Å²) in [5.41, 5.74) is 2.27. The minimum absolute atomic E-state index is 0.0831. The van der Waals surface area contributed by atoms with Gasteiger partial charge in [-0.15, -0.1) is 0 Å². The first-order valence-corrected chi connectivity index (χ1v) is 6.28. The number of methoxy groups -OCH3 is 1. The van der Waals surface area contributed by atoms with Crippen molar-refractivity contribution in [1.29, 1.82) is 0 Å². The van der Waals surface area contributed by atoms with Gasteiger partial charge in [0.25, 0.3) is 5.56 Å². The number of hydrogen-bond donors (Lipinski definition) is 1. The van der Waals surface area contributed by atoms with E-state index in [9.17, 15) is 9.59 Å². The maximum atomic E-state index is 11.7. The van der Waals surface area contributed by atoms with Gasteiger partial charge in [-0.05, 0) is 42.5 Å². The molecule has 2 aromatic rings. The predicted octanol–water partition coefficient (Wildman–Crippen LogP) is 2.50. The first-order valence-electron chi connectivity index (χ1n) is 6.28. The van der Waals surface area contributed by atoms with Gasteiger partial charge in [0.15, 0.2) is 0 Å². The normalized spacial score (nSPS) is 12.4. The van der Waals surface area contributed by atoms with E-state index in [0.717, 1.165) is 16.5 Å². The number of aryl methyl sites for hydroxylation is 1. The van der Waals surface area contributed by atoms with E-state index in [2.05, 4.69) is 4.98 Å². The van der Waals surface area contributed by atoms with E-state index in [4.69, 9.17) is 4.74 Å². The Kier molecular flexibility index (Phi) is 3.69. The highest BCUT2D eigenvalue weighted by Crippen LogP contribution is 2.24. The van der Waals surface area contributed by atoms with Crippen LogP contribution in [-0.4, -0.2) is 18.1 Å². The van der Waals surface area contributed by atoms with E-state index in [1.807, 2.05) is 31.2 Å². The molecule has 0 fully saturated rings. The molecule has 0 saturated carbocycles. The molecule has 1 aromatic carbocycles. The number of aromatic amines is 1. The summed E-state index contributed by atoms with van der Waals surface area (Å²) < 4.78 is 4.82. The SMILES string of the molecule is CCC(C(=O)OC)c1ccc2[nH]c(=O)c(C)cc2c1. The lowest BCUT2D eigenvalue weighted by molar-refractivity contribution is -0.142. The van der Waals surface area contributed by atoms with Crippen LogP contribution < -0.4 is 5.56 Å². The zero-order chi connectivity index (χ0) is 14.0. The zero-order valence-electron chi connectivity index (χ0n) is 11.3. The van der Waals surface area contributed by atoms with Gasteiger partial charge in [0.05, 0.1) is 13.0 Å². The summed E-state index contributed by atoms with van der Waals surface area (Å²) in [7, 11) is 1.40. The molecule has 0 aliphatic heterocycles. The molecule has 0 aliphatic rings. The molecule has 100 valence electrons. The highest BCUT2D eigenvalue weighted by molar-refractivity contribution is 5.83. The molecular weight excluding hydrogens is 242 g/mol. The Balaban J connectivity index is 2.54. The van der Waals surface area contributed by atoms with Crippen molar-refractivity contribution in [3.63, 3.8) is 0 Å². The summed E-state index contributed by atoms with van der Waals surface area (Å²) in [6.07, 6.45) is 0.681. The standard InChI is InChI=1S/C15H17NO3/c1-4-12(15(18)19-3)10-5-6-13-11(8-10)7-9(2)14(17)16-13/h5-8,12H,4H2,1-3H3,(H,16,17). The van der Waals surface area contributed by atoms with Crippen LogP contribution >= 0.6 is 0 Å². The lowest BCUT2D eigenvalue weighted by atomic mass is 9.95. The number of carbonyl (C=O) groups is 1. The van der Waals surface area contributed by atoms with Crippen molar-refractivity contribution < 1.29 is 9.53 Å². The van der Waals surface area contributed by atoms with E-state index in [1.165, 1.54) is 7.11 Å². The molecule has 4 heteroatoms. The second-order valence-corrected chi connectivity index (χ2v) is 4.61. The van der Waals surface area contributed by atoms with Crippen LogP contribution in [0.15, 0.2) is 29.1 Å². The number of rotatable bonds is 3. The minimum Gasteiger partial charge on any atom is -0.469 e. The molecule has 0 saturated heterocycles. The molecule has 1 N–H and O–H groups in total. The van der Waals surface area contributed by atoms with Crippen molar-refractivity contribution >= 4 is 16.9 Å². The van der Waals surface area contributed by atoms with Gasteiger partial charge in [0.2, 0.25) is 0 Å². The summed E-state index contributed by atoms with van der Waals surface area (Å²) >= 11 is 0. The van der Waals surface area contributed by atoms with Crippen LogP contribution in [-0.2, 0) is 9.53 Å². The van der Waals surface area contributed by atoms with E-state index < -0.39 is 0 Å². The van der Waals surface area contributed by atoms with Gasteiger partial charge in [-0.1, -0.05) is 13.0 Å². The number of hydrogen-bond acceptors (Lipinski definition) is 3. The maximum Gasteiger partial charge on any atom is 0.313 e. The van der Waals surface area contributed by atoms with Gasteiger partial charge in [0, 0.05) is 11.1 Å². The fourth-order valence-electron chi connectivity index (χ4n) is 2.23. The maximum absolute atomic E-state index is 11.7. The van der Waals surface area contributed by atoms with Crippen molar-refractivity contribution in [2.75, 3.05) is 7.11 Å². The van der Waals surface area contributed by atoms with Crippen LogP contribution in [0.4, 0.5) is 0 Å². The third kappa shape index (κ3) is 2.52. The topological polar surface area (TPSA) is 59.2 Å². The van der Waals surface area contributed by atoms with Gasteiger partial charge in [0.1, 0.15) is 0 Å². The largest absolute Gasteiger partial charge is 0.469 e. The monoisotopic (exact) mass is 259 g/mol. The summed E-state index contributed by atoms with van der Waals surface area (Å²) in [6, 6.07) is 7.46. The molecule has 1 atom stereocenters. The number of aromatic nitrogens is 1. The highest BCUT2D eigenvalue weighted by atomic mass is 16.5. The Morgan fingerprint density at radius 1 is 1.37 bits per heavy atom. The molecule has 1 heterocycles. The molecular formula is C15H17NO3. The van der Waals surface area contributed by atoms with Gasteiger partial charge in [-0.2, -0.15) is 0 Å². The number of esters is 1. The van der Waals surface area contributed by atoms with Crippen molar-refractivity contribution in [2.24, 2.45) is 0 Å². The van der Waals surface area contributed by atoms with Crippen LogP contribution in [0.1, 0.15) is 30.4 Å². The Labute approximate surface area is 111 Å². The summed E-state index contributed by atoms with van der Waals surface area (Å²) in [4.78, 5) is 26.1. The molecule has 0 radical (unpaired) electrons. The second kappa shape index (κ2) is 5.26. The number of fused-ring (bicyclic) bond motifs is 1. The zero-order valence-corrected chi connectivity index (χ0v) is 11.3. The third-order valence-electron chi connectivity index (χ3n) is 3.35. The Morgan fingerprint density at radius 2 is 2.11 bits per heavy atom. The van der Waals surface area contributed by atoms with Crippen LogP contribution in [0.5, 0.6) is 0 Å². The molecule has 0 amide bonds. The van der Waals surface area contributed by atoms with Crippen LogP contribution in [0.25, 0.3) is 10.9 Å². The van der Waals surface area contributed by atoms with Gasteiger partial charge in [-0.3, -0.25) is 9.59 Å². The van der Waals surface area contributed by atoms with Crippen LogP contribution in [0, 0.1) is 6.92 Å². The minimum atomic E-state index is -0.262. The van der Waals surface area contributed by atoms with Crippen LogP contribution in [0.3, 0.4) is 0 Å². The van der Waals surface area contributed by atoms with Crippen molar-refractivity contribution in [3.8, 4) is 0 Å². The summed E-state index contributed by atoms with van der Waals surface area (Å²) in [5, 5.41) is 0.928. The van der Waals surface area contributed by atoms with Crippen molar-refractivity contribution in [2.45, 2.75) is 26.2 Å². The number of pyridine rings is 1. The summed E-state index contributed by atoms with van der Waals surface area (Å²) in [5.74, 6) is -0.496. The number of ether oxygens (including phenoxy) is 1. The van der Waals surface area contributed by atoms with Gasteiger partial charge < -0.3 is 9.72 Å². The van der Waals surface area contributed by atoms with Crippen LogP contribution in [0.2, 0.25) is 0 Å². The molecule has 1 unspecified atom stereocenters. The number of nitrogens with one attached hydrogen (secondary N) is 1. The molecule has 0 aliphatic carbocycles.